The van der Waals surface area contributed by atoms with Gasteiger partial charge in [-0.05, 0) is 30.3 Å². The van der Waals surface area contributed by atoms with Crippen molar-refractivity contribution in [1.82, 2.24) is 0 Å². The van der Waals surface area contributed by atoms with Crippen LogP contribution in [0.2, 0.25) is 0 Å². The highest BCUT2D eigenvalue weighted by molar-refractivity contribution is 9.10. The first kappa shape index (κ1) is 16.3. The highest BCUT2D eigenvalue weighted by atomic mass is 79.9. The number of hydrogen-bond acceptors (Lipinski definition) is 5. The standard InChI is InChI=1S/C17H10BrNO4S2/c18-10-5-7-11(8-6-10)25(21,22)19-14-9-15-16(23-17(20)24-15)13-4-2-1-3-12(13)14/h1-9,19H. The molecule has 0 aliphatic rings. The van der Waals surface area contributed by atoms with Gasteiger partial charge in [0.15, 0.2) is 5.58 Å². The minimum absolute atomic E-state index is 0.153. The number of halogens is 1. The molecule has 0 fully saturated rings. The highest BCUT2D eigenvalue weighted by Crippen LogP contribution is 2.34. The number of benzene rings is 3. The van der Waals surface area contributed by atoms with E-state index in [-0.39, 0.29) is 4.90 Å². The molecule has 0 amide bonds. The molecule has 0 spiro atoms. The molecule has 25 heavy (non-hydrogen) atoms. The number of hydrogen-bond donors (Lipinski definition) is 1. The lowest BCUT2D eigenvalue weighted by molar-refractivity contribution is 0.588. The fourth-order valence-corrected chi connectivity index (χ4v) is 4.66. The van der Waals surface area contributed by atoms with Gasteiger partial charge in [0, 0.05) is 15.2 Å². The molecular weight excluding hydrogens is 426 g/mol. The van der Waals surface area contributed by atoms with Gasteiger partial charge in [0.25, 0.3) is 10.0 Å². The van der Waals surface area contributed by atoms with Crippen LogP contribution in [-0.2, 0) is 10.0 Å². The topological polar surface area (TPSA) is 76.4 Å². The number of rotatable bonds is 3. The van der Waals surface area contributed by atoms with Crippen molar-refractivity contribution in [2.75, 3.05) is 4.72 Å². The third kappa shape index (κ3) is 2.97. The largest absolute Gasteiger partial charge is 0.413 e. The molecule has 0 aliphatic heterocycles. The van der Waals surface area contributed by atoms with E-state index in [0.717, 1.165) is 15.8 Å². The summed E-state index contributed by atoms with van der Waals surface area (Å²) in [6, 6.07) is 15.2. The third-order valence-corrected chi connectivity index (χ3v) is 6.39. The molecule has 3 aromatic carbocycles. The normalized spacial score (nSPS) is 11.9. The Balaban J connectivity index is 1.91. The SMILES string of the molecule is O=c1oc2c(cc(NS(=O)(=O)c3ccc(Br)cc3)c3ccccc32)s1. The summed E-state index contributed by atoms with van der Waals surface area (Å²) in [5.41, 5.74) is 0.875. The van der Waals surface area contributed by atoms with Crippen LogP contribution in [0, 0.1) is 0 Å². The number of nitrogens with one attached hydrogen (secondary N) is 1. The van der Waals surface area contributed by atoms with Crippen molar-refractivity contribution < 1.29 is 12.8 Å². The average Bonchev–Trinajstić information content (AvgIpc) is 2.95. The number of anilines is 1. The Kier molecular flexibility index (Phi) is 3.90. The molecule has 0 radical (unpaired) electrons. The Morgan fingerprint density at radius 3 is 2.40 bits per heavy atom. The highest BCUT2D eigenvalue weighted by Gasteiger charge is 2.18. The van der Waals surface area contributed by atoms with Gasteiger partial charge in [-0.2, -0.15) is 0 Å². The van der Waals surface area contributed by atoms with E-state index in [1.807, 2.05) is 6.07 Å². The summed E-state index contributed by atoms with van der Waals surface area (Å²) >= 11 is 4.23. The maximum Gasteiger partial charge on any atom is 0.396 e. The maximum absolute atomic E-state index is 12.7. The van der Waals surface area contributed by atoms with Gasteiger partial charge in [-0.15, -0.1) is 0 Å². The lowest BCUT2D eigenvalue weighted by Gasteiger charge is -2.11. The number of sulfonamides is 1. The predicted octanol–water partition coefficient (Wildman–Crippen LogP) is 4.57. The molecule has 0 bridgehead atoms. The maximum atomic E-state index is 12.7. The second-order valence-corrected chi connectivity index (χ2v) is 8.89. The van der Waals surface area contributed by atoms with Gasteiger partial charge in [-0.1, -0.05) is 51.5 Å². The summed E-state index contributed by atoms with van der Waals surface area (Å²) in [7, 11) is -3.76. The number of fused-ring (bicyclic) bond motifs is 3. The molecule has 4 rings (SSSR count). The van der Waals surface area contributed by atoms with Crippen LogP contribution in [0.1, 0.15) is 0 Å². The lowest BCUT2D eigenvalue weighted by Crippen LogP contribution is -2.13. The van der Waals surface area contributed by atoms with E-state index in [4.69, 9.17) is 4.42 Å². The predicted molar refractivity (Wildman–Crippen MR) is 103 cm³/mol. The van der Waals surface area contributed by atoms with Crippen LogP contribution < -0.4 is 9.66 Å². The van der Waals surface area contributed by atoms with Crippen molar-refractivity contribution in [3.05, 3.63) is 68.8 Å². The Morgan fingerprint density at radius 2 is 1.68 bits per heavy atom. The van der Waals surface area contributed by atoms with Crippen molar-refractivity contribution in [2.45, 2.75) is 4.90 Å². The molecule has 8 heteroatoms. The van der Waals surface area contributed by atoms with Crippen molar-refractivity contribution in [3.63, 3.8) is 0 Å². The fraction of sp³-hybridized carbons (Fsp3) is 0. The Hall–Kier alpha value is -2.16. The van der Waals surface area contributed by atoms with E-state index in [1.54, 1.807) is 36.4 Å². The van der Waals surface area contributed by atoms with Crippen molar-refractivity contribution >= 4 is 64.0 Å². The van der Waals surface area contributed by atoms with Crippen LogP contribution >= 0.6 is 27.3 Å². The zero-order chi connectivity index (χ0) is 17.6. The van der Waals surface area contributed by atoms with Gasteiger partial charge in [0.2, 0.25) is 0 Å². The summed E-state index contributed by atoms with van der Waals surface area (Å²) in [5, 5.41) is 1.35. The molecule has 1 N–H and O–H groups in total. The zero-order valence-corrected chi connectivity index (χ0v) is 15.7. The van der Waals surface area contributed by atoms with Gasteiger partial charge in [-0.25, -0.2) is 13.2 Å². The molecule has 0 aliphatic carbocycles. The van der Waals surface area contributed by atoms with E-state index in [2.05, 4.69) is 20.7 Å². The Labute approximate surface area is 155 Å². The van der Waals surface area contributed by atoms with Crippen LogP contribution in [0.4, 0.5) is 5.69 Å². The molecule has 1 aromatic heterocycles. The van der Waals surface area contributed by atoms with E-state index in [0.29, 0.717) is 26.7 Å². The van der Waals surface area contributed by atoms with Crippen LogP contribution in [-0.4, -0.2) is 8.42 Å². The summed E-state index contributed by atoms with van der Waals surface area (Å²) in [6.07, 6.45) is 0. The van der Waals surface area contributed by atoms with Gasteiger partial charge in [0.1, 0.15) is 0 Å². The molecule has 4 aromatic rings. The first-order valence-electron chi connectivity index (χ1n) is 7.18. The lowest BCUT2D eigenvalue weighted by atomic mass is 10.1. The van der Waals surface area contributed by atoms with Crippen molar-refractivity contribution in [3.8, 4) is 0 Å². The Bertz CT molecular complexity index is 1260. The van der Waals surface area contributed by atoms with Crippen LogP contribution in [0.3, 0.4) is 0 Å². The van der Waals surface area contributed by atoms with Crippen LogP contribution in [0.5, 0.6) is 0 Å². The zero-order valence-electron chi connectivity index (χ0n) is 12.5. The molecule has 0 saturated heterocycles. The molecule has 1 heterocycles. The molecule has 126 valence electrons. The monoisotopic (exact) mass is 435 g/mol. The van der Waals surface area contributed by atoms with E-state index >= 15 is 0 Å². The van der Waals surface area contributed by atoms with Crippen molar-refractivity contribution in [2.24, 2.45) is 0 Å². The first-order valence-corrected chi connectivity index (χ1v) is 10.3. The van der Waals surface area contributed by atoms with Crippen molar-refractivity contribution in [1.29, 1.82) is 0 Å². The van der Waals surface area contributed by atoms with Gasteiger partial charge in [0.05, 0.1) is 15.3 Å². The summed E-state index contributed by atoms with van der Waals surface area (Å²) in [6.45, 7) is 0. The van der Waals surface area contributed by atoms with E-state index in [9.17, 15) is 13.2 Å². The average molecular weight is 436 g/mol. The summed E-state index contributed by atoms with van der Waals surface area (Å²) < 4.78 is 34.6. The fourth-order valence-electron chi connectivity index (χ4n) is 2.60. The summed E-state index contributed by atoms with van der Waals surface area (Å²) in [4.78, 5) is 11.3. The molecule has 0 atom stereocenters. The molecule has 0 unspecified atom stereocenters. The van der Waals surface area contributed by atoms with E-state index in [1.165, 1.54) is 12.1 Å². The van der Waals surface area contributed by atoms with Crippen LogP contribution in [0.15, 0.2) is 73.2 Å². The van der Waals surface area contributed by atoms with Gasteiger partial charge in [-0.3, -0.25) is 4.72 Å². The molecular formula is C17H10BrNO4S2. The minimum Gasteiger partial charge on any atom is -0.413 e. The Morgan fingerprint density at radius 1 is 1.00 bits per heavy atom. The van der Waals surface area contributed by atoms with Gasteiger partial charge >= 0.3 is 4.94 Å². The van der Waals surface area contributed by atoms with Gasteiger partial charge < -0.3 is 4.42 Å². The molecule has 0 saturated carbocycles. The first-order chi connectivity index (χ1) is 11.9. The second-order valence-electron chi connectivity index (χ2n) is 5.31. The third-order valence-electron chi connectivity index (χ3n) is 3.71. The quantitative estimate of drug-likeness (QED) is 0.511. The second kappa shape index (κ2) is 5.98. The minimum atomic E-state index is -3.76. The molecule has 5 nitrogen and oxygen atoms in total. The van der Waals surface area contributed by atoms with Crippen LogP contribution in [0.25, 0.3) is 21.1 Å². The van der Waals surface area contributed by atoms with E-state index < -0.39 is 15.0 Å². The smallest absolute Gasteiger partial charge is 0.396 e. The summed E-state index contributed by atoms with van der Waals surface area (Å²) in [5.74, 6) is 0.